The fourth-order valence-corrected chi connectivity index (χ4v) is 4.59. The molecule has 2 heterocycles. The number of nitrogens with zero attached hydrogens (tertiary/aromatic N) is 1. The zero-order valence-electron chi connectivity index (χ0n) is 16.2. The summed E-state index contributed by atoms with van der Waals surface area (Å²) in [6.07, 6.45) is 1.46. The molecule has 0 spiro atoms. The predicted molar refractivity (Wildman–Crippen MR) is 128 cm³/mol. The molecule has 154 valence electrons. The zero-order chi connectivity index (χ0) is 22.0. The van der Waals surface area contributed by atoms with E-state index in [1.54, 1.807) is 18.2 Å². The van der Waals surface area contributed by atoms with Crippen molar-refractivity contribution >= 4 is 71.6 Å². The lowest BCUT2D eigenvalue weighted by molar-refractivity contribution is 0.0990. The summed E-state index contributed by atoms with van der Waals surface area (Å²) >= 11 is 6.95. The van der Waals surface area contributed by atoms with Gasteiger partial charge in [-0.2, -0.15) is 4.98 Å². The Hall–Kier alpha value is -3.29. The maximum atomic E-state index is 13.0. The summed E-state index contributed by atoms with van der Waals surface area (Å²) in [5, 5.41) is 1.74. The van der Waals surface area contributed by atoms with Crippen LogP contribution in [0.15, 0.2) is 84.0 Å². The van der Waals surface area contributed by atoms with Gasteiger partial charge in [0.15, 0.2) is 17.1 Å². The van der Waals surface area contributed by atoms with Crippen LogP contribution in [0.25, 0.3) is 39.6 Å². The number of benzene rings is 3. The van der Waals surface area contributed by atoms with Crippen molar-refractivity contribution in [3.05, 3.63) is 92.1 Å². The highest BCUT2D eigenvalue weighted by atomic mass is 79.9. The van der Waals surface area contributed by atoms with Crippen molar-refractivity contribution < 1.29 is 18.4 Å². The second-order valence-electron chi connectivity index (χ2n) is 7.43. The van der Waals surface area contributed by atoms with E-state index < -0.39 is 0 Å². The van der Waals surface area contributed by atoms with Gasteiger partial charge in [0.05, 0.1) is 5.57 Å². The molecule has 0 amide bonds. The Bertz CT molecular complexity index is 1530. The lowest BCUT2D eigenvalue weighted by Gasteiger charge is -2.04. The van der Waals surface area contributed by atoms with E-state index in [4.69, 9.17) is 8.83 Å². The van der Waals surface area contributed by atoms with Crippen molar-refractivity contribution in [2.75, 3.05) is 0 Å². The number of carbonyl (C=O) groups is 2. The van der Waals surface area contributed by atoms with E-state index in [2.05, 4.69) is 36.8 Å². The summed E-state index contributed by atoms with van der Waals surface area (Å²) < 4.78 is 13.3. The number of oxazole rings is 1. The number of hydrogen-bond acceptors (Lipinski definition) is 5. The maximum Gasteiger partial charge on any atom is 0.266 e. The average Bonchev–Trinajstić information content (AvgIpc) is 3.42. The number of halogens is 2. The minimum atomic E-state index is -0.322. The summed E-state index contributed by atoms with van der Waals surface area (Å²) in [7, 11) is 0. The van der Waals surface area contributed by atoms with Crippen LogP contribution in [-0.2, 0) is 0 Å². The van der Waals surface area contributed by atoms with Crippen LogP contribution in [0.4, 0.5) is 0 Å². The van der Waals surface area contributed by atoms with E-state index in [0.717, 1.165) is 25.3 Å². The molecular weight excluding hydrogens is 538 g/mol. The third kappa shape index (κ3) is 3.00. The number of furan rings is 1. The second-order valence-corrected chi connectivity index (χ2v) is 9.14. The largest absolute Gasteiger partial charge is 0.436 e. The van der Waals surface area contributed by atoms with Gasteiger partial charge in [-0.1, -0.05) is 18.2 Å². The number of hydrogen-bond donors (Lipinski definition) is 0. The molecule has 0 aliphatic heterocycles. The molecule has 0 bridgehead atoms. The second kappa shape index (κ2) is 7.12. The Kier molecular flexibility index (Phi) is 4.31. The van der Waals surface area contributed by atoms with E-state index in [-0.39, 0.29) is 17.1 Å². The number of Topliss-reactive ketones (excluding diaryl/α,β-unsaturated/α-hetero) is 2. The van der Waals surface area contributed by atoms with Crippen molar-refractivity contribution in [1.29, 1.82) is 0 Å². The van der Waals surface area contributed by atoms with Crippen LogP contribution in [0.5, 0.6) is 0 Å². The maximum absolute atomic E-state index is 13.0. The lowest BCUT2D eigenvalue weighted by Crippen LogP contribution is -1.99. The van der Waals surface area contributed by atoms with Crippen LogP contribution in [0.3, 0.4) is 0 Å². The first-order valence-electron chi connectivity index (χ1n) is 9.67. The molecule has 0 N–H and O–H groups in total. The molecule has 0 fully saturated rings. The van der Waals surface area contributed by atoms with Crippen molar-refractivity contribution in [2.45, 2.75) is 0 Å². The van der Waals surface area contributed by atoms with Crippen LogP contribution in [0.1, 0.15) is 26.5 Å². The van der Waals surface area contributed by atoms with Crippen LogP contribution in [0.2, 0.25) is 0 Å². The highest BCUT2D eigenvalue weighted by Gasteiger charge is 2.34. The minimum absolute atomic E-state index is 0.0631. The molecule has 3 aromatic carbocycles. The van der Waals surface area contributed by atoms with Gasteiger partial charge in [0.1, 0.15) is 5.76 Å². The van der Waals surface area contributed by atoms with Crippen molar-refractivity contribution in [3.8, 4) is 11.5 Å². The minimum Gasteiger partial charge on any atom is -0.436 e. The van der Waals surface area contributed by atoms with Gasteiger partial charge in [0.25, 0.3) is 5.71 Å². The highest BCUT2D eigenvalue weighted by molar-refractivity contribution is 9.13. The molecule has 5 aromatic rings. The molecule has 0 atom stereocenters. The summed E-state index contributed by atoms with van der Waals surface area (Å²) in [6.45, 7) is 0. The van der Waals surface area contributed by atoms with Crippen LogP contribution in [0, 0.1) is 0 Å². The average molecular weight is 549 g/mol. The fourth-order valence-electron chi connectivity index (χ4n) is 3.86. The lowest BCUT2D eigenvalue weighted by atomic mass is 10.0. The topological polar surface area (TPSA) is 73.3 Å². The molecule has 7 heteroatoms. The summed E-state index contributed by atoms with van der Waals surface area (Å²) in [6, 6.07) is 18.5. The Morgan fingerprint density at radius 3 is 2.00 bits per heavy atom. The predicted octanol–water partition coefficient (Wildman–Crippen LogP) is 7.23. The molecule has 0 radical (unpaired) electrons. The zero-order valence-corrected chi connectivity index (χ0v) is 19.4. The first kappa shape index (κ1) is 19.4. The number of ketones is 2. The molecule has 0 saturated carbocycles. The van der Waals surface area contributed by atoms with Crippen LogP contribution in [-0.4, -0.2) is 16.6 Å². The molecular formula is C25H11Br2NO4. The summed E-state index contributed by atoms with van der Waals surface area (Å²) in [4.78, 5) is 30.4. The number of carbonyl (C=O) groups excluding carboxylic acids is 2. The van der Waals surface area contributed by atoms with Gasteiger partial charge >= 0.3 is 0 Å². The van der Waals surface area contributed by atoms with E-state index in [0.29, 0.717) is 34.1 Å². The van der Waals surface area contributed by atoms with E-state index in [9.17, 15) is 9.59 Å². The number of allylic oxidation sites excluding steroid dienone is 1. The number of aromatic nitrogens is 1. The molecule has 1 aliphatic carbocycles. The molecule has 0 unspecified atom stereocenters. The molecule has 0 saturated heterocycles. The molecule has 5 nitrogen and oxygen atoms in total. The first-order chi connectivity index (χ1) is 15.5. The van der Waals surface area contributed by atoms with E-state index >= 15 is 0 Å². The normalized spacial score (nSPS) is 13.4. The van der Waals surface area contributed by atoms with E-state index in [1.165, 1.54) is 6.08 Å². The van der Waals surface area contributed by atoms with Crippen molar-refractivity contribution in [1.82, 2.24) is 4.98 Å². The van der Waals surface area contributed by atoms with Gasteiger partial charge in [-0.3, -0.25) is 9.59 Å². The molecule has 2 aromatic heterocycles. The smallest absolute Gasteiger partial charge is 0.266 e. The third-order valence-corrected chi connectivity index (χ3v) is 7.25. The quantitative estimate of drug-likeness (QED) is 0.172. The van der Waals surface area contributed by atoms with Gasteiger partial charge in [0, 0.05) is 31.7 Å². The monoisotopic (exact) mass is 547 g/mol. The number of rotatable bonds is 2. The Morgan fingerprint density at radius 1 is 0.781 bits per heavy atom. The van der Waals surface area contributed by atoms with Crippen LogP contribution < -0.4 is 0 Å². The Balaban J connectivity index is 1.39. The molecule has 1 aliphatic rings. The standard InChI is InChI=1S/C25H11Br2NO4/c26-19-8-13-6-16-17(7-14(13)9-20(19)27)23(30)18(22(16)29)10-15-11-21-25(31-15)28-24(32-21)12-4-2-1-3-5-12/h1-11H. The van der Waals surface area contributed by atoms with Crippen LogP contribution >= 0.6 is 31.9 Å². The Labute approximate surface area is 198 Å². The SMILES string of the molecule is O=C1C(=Cc2cc3oc(-c4ccccc4)nc3o2)C(=O)c2cc3cc(Br)c(Br)cc3cc21. The molecule has 32 heavy (non-hydrogen) atoms. The fraction of sp³-hybridized carbons (Fsp3) is 0. The van der Waals surface area contributed by atoms with Gasteiger partial charge in [-0.05, 0) is 85.1 Å². The third-order valence-electron chi connectivity index (χ3n) is 5.41. The van der Waals surface area contributed by atoms with Gasteiger partial charge in [-0.15, -0.1) is 0 Å². The van der Waals surface area contributed by atoms with Gasteiger partial charge in [0.2, 0.25) is 5.89 Å². The highest BCUT2D eigenvalue weighted by Crippen LogP contribution is 2.36. The number of fused-ring (bicyclic) bond motifs is 3. The molecule has 6 rings (SSSR count). The summed E-state index contributed by atoms with van der Waals surface area (Å²) in [5.41, 5.74) is 2.44. The van der Waals surface area contributed by atoms with Gasteiger partial charge in [-0.25, -0.2) is 0 Å². The Morgan fingerprint density at radius 2 is 1.41 bits per heavy atom. The van der Waals surface area contributed by atoms with Crippen molar-refractivity contribution in [2.24, 2.45) is 0 Å². The van der Waals surface area contributed by atoms with Gasteiger partial charge < -0.3 is 8.83 Å². The first-order valence-corrected chi connectivity index (χ1v) is 11.3. The van der Waals surface area contributed by atoms with Crippen molar-refractivity contribution in [3.63, 3.8) is 0 Å². The summed E-state index contributed by atoms with van der Waals surface area (Å²) in [5.74, 6) is 0.141. The van der Waals surface area contributed by atoms with E-state index in [1.807, 2.05) is 42.5 Å².